The third-order valence-electron chi connectivity index (χ3n) is 23.6. The molecule has 0 saturated carbocycles. The van der Waals surface area contributed by atoms with Crippen LogP contribution in [0.1, 0.15) is 0 Å². The molecule has 0 bridgehead atoms. The van der Waals surface area contributed by atoms with Crippen LogP contribution in [0.2, 0.25) is 0 Å². The van der Waals surface area contributed by atoms with Crippen molar-refractivity contribution < 1.29 is 0 Å². The molecule has 3 heterocycles. The smallest absolute Gasteiger partial charge is 0.0540 e. The zero-order valence-electron chi connectivity index (χ0n) is 68.0. The Hall–Kier alpha value is -15.6. The van der Waals surface area contributed by atoms with E-state index < -0.39 is 0 Å². The first-order chi connectivity index (χ1) is 61.9. The van der Waals surface area contributed by atoms with Crippen molar-refractivity contribution in [2.24, 2.45) is 0 Å². The van der Waals surface area contributed by atoms with E-state index in [2.05, 4.69) is 486 Å². The molecule has 3 N–H and O–H groups in total. The average molecular weight is 1650 g/mol. The maximum absolute atomic E-state index is 3.62. The fourth-order valence-electron chi connectivity index (χ4n) is 17.8. The van der Waals surface area contributed by atoms with Crippen LogP contribution in [0.4, 0.5) is 85.3 Å². The normalized spacial score (nSPS) is 11.4. The van der Waals surface area contributed by atoms with Crippen molar-refractivity contribution in [2.75, 3.05) is 30.7 Å². The highest BCUT2D eigenvalue weighted by atomic mass is 32.1. The van der Waals surface area contributed by atoms with Crippen LogP contribution in [-0.4, -0.2) is 0 Å². The summed E-state index contributed by atoms with van der Waals surface area (Å²) in [6.07, 6.45) is 0. The molecule has 3 aromatic heterocycles. The van der Waals surface area contributed by atoms with E-state index in [1.54, 1.807) is 0 Å². The van der Waals surface area contributed by atoms with Gasteiger partial charge in [0.25, 0.3) is 0 Å². The molecule has 20 aromatic carbocycles. The molecule has 24 rings (SSSR count). The van der Waals surface area contributed by atoms with Gasteiger partial charge in [-0.3, -0.25) is 0 Å². The van der Waals surface area contributed by atoms with Gasteiger partial charge in [0.05, 0.1) is 11.4 Å². The number of para-hydroxylation sites is 5. The van der Waals surface area contributed by atoms with Crippen LogP contribution in [0, 0.1) is 0 Å². The van der Waals surface area contributed by atoms with Gasteiger partial charge in [-0.1, -0.05) is 297 Å². The first-order valence-electron chi connectivity index (χ1n) is 42.2. The highest BCUT2D eigenvalue weighted by Gasteiger charge is 2.26. The van der Waals surface area contributed by atoms with Gasteiger partial charge in [-0.2, -0.15) is 0 Å². The second kappa shape index (κ2) is 33.4. The number of nitrogens with zero attached hydrogens (tertiary/aromatic N) is 3. The highest BCUT2D eigenvalue weighted by molar-refractivity contribution is 7.26. The highest BCUT2D eigenvalue weighted by Crippen LogP contribution is 2.53. The Balaban J connectivity index is 0.000000111. The summed E-state index contributed by atoms with van der Waals surface area (Å²) >= 11 is 5.54. The van der Waals surface area contributed by atoms with E-state index in [0.29, 0.717) is 0 Å². The van der Waals surface area contributed by atoms with E-state index >= 15 is 0 Å². The van der Waals surface area contributed by atoms with Gasteiger partial charge in [-0.15, -0.1) is 34.0 Å². The Bertz CT molecular complexity index is 7800. The molecule has 0 fully saturated rings. The summed E-state index contributed by atoms with van der Waals surface area (Å²) in [6, 6.07) is 167. The lowest BCUT2D eigenvalue weighted by Crippen LogP contribution is -2.10. The second-order valence-electron chi connectivity index (χ2n) is 31.4. The molecule has 1 aliphatic rings. The van der Waals surface area contributed by atoms with Gasteiger partial charge < -0.3 is 30.7 Å². The average Bonchev–Trinajstić information content (AvgIpc) is 1.58. The van der Waals surface area contributed by atoms with E-state index in [9.17, 15) is 0 Å². The summed E-state index contributed by atoms with van der Waals surface area (Å²) in [5.41, 5.74) is 27.1. The number of thiophene rings is 3. The molecule has 125 heavy (non-hydrogen) atoms. The van der Waals surface area contributed by atoms with E-state index in [1.165, 1.54) is 138 Å². The number of hydrogen-bond donors (Lipinski definition) is 3. The number of hydrogen-bond acceptors (Lipinski definition) is 9. The molecule has 0 spiro atoms. The van der Waals surface area contributed by atoms with Crippen LogP contribution in [0.3, 0.4) is 0 Å². The van der Waals surface area contributed by atoms with Crippen LogP contribution < -0.4 is 30.7 Å². The lowest BCUT2D eigenvalue weighted by molar-refractivity contribution is 1.29. The zero-order chi connectivity index (χ0) is 82.9. The molecule has 0 radical (unpaired) electrons. The number of fused-ring (bicyclic) bond motifs is 13. The van der Waals surface area contributed by atoms with Crippen LogP contribution >= 0.6 is 34.0 Å². The molecular formula is C116H80N6S3. The van der Waals surface area contributed by atoms with Crippen molar-refractivity contribution in [3.05, 3.63) is 467 Å². The molecule has 0 saturated heterocycles. The summed E-state index contributed by atoms with van der Waals surface area (Å²) in [7, 11) is 0. The minimum absolute atomic E-state index is 1.08. The van der Waals surface area contributed by atoms with Crippen LogP contribution in [-0.2, 0) is 0 Å². The van der Waals surface area contributed by atoms with Crippen molar-refractivity contribution in [1.29, 1.82) is 0 Å². The van der Waals surface area contributed by atoms with Crippen LogP contribution in [0.15, 0.2) is 467 Å². The van der Waals surface area contributed by atoms with Crippen molar-refractivity contribution >= 4 is 201 Å². The van der Waals surface area contributed by atoms with Gasteiger partial charge >= 0.3 is 0 Å². The summed E-state index contributed by atoms with van der Waals surface area (Å²) in [5.74, 6) is 0. The molecular weight excluding hydrogens is 1570 g/mol. The zero-order valence-corrected chi connectivity index (χ0v) is 70.5. The van der Waals surface area contributed by atoms with E-state index in [0.717, 1.165) is 73.9 Å². The minimum atomic E-state index is 1.08. The number of rotatable bonds is 17. The lowest BCUT2D eigenvalue weighted by Gasteiger charge is -2.27. The van der Waals surface area contributed by atoms with Gasteiger partial charge in [0.2, 0.25) is 0 Å². The van der Waals surface area contributed by atoms with E-state index in [-0.39, 0.29) is 0 Å². The standard InChI is InChI=1S/C40H26N2S.C40H28N2S.C36H26N2S/c1-3-10-26(11-4-1)41-27-18-20-32-33-21-19-29(25-39(33)43-38(32)24-27)42(28-12-5-2-6-13-28)37-23-22-35-31-15-8-7-14-30(31)34-16-9-17-36(37)40(34)35;1-3-10-28(11-4-1)29-18-21-33(22-19-29)42(38-17-9-13-30-12-7-8-16-35(30)38)34-23-25-37-36-24-20-32(26-39(36)43-40(37)27-34)41-31-14-5-2-6-15-31;1-4-11-26(12-5-1)27-13-10-14-28(23-27)37-29-19-21-33-34-22-20-32(25-36(34)39-35(33)24-29)38(30-15-6-2-7-16-30)31-17-8-3-9-18-31/h1-25,41H;1-27,41H;1-25,37H. The molecule has 6 nitrogen and oxygen atoms in total. The molecule has 0 amide bonds. The van der Waals surface area contributed by atoms with Crippen molar-refractivity contribution in [3.8, 4) is 44.5 Å². The summed E-state index contributed by atoms with van der Waals surface area (Å²) in [4.78, 5) is 7.12. The third-order valence-corrected chi connectivity index (χ3v) is 26.9. The summed E-state index contributed by atoms with van der Waals surface area (Å²) < 4.78 is 7.67. The maximum atomic E-state index is 3.62. The first-order valence-corrected chi connectivity index (χ1v) is 44.7. The molecule has 0 atom stereocenters. The van der Waals surface area contributed by atoms with Gasteiger partial charge in [0.1, 0.15) is 0 Å². The van der Waals surface area contributed by atoms with Gasteiger partial charge in [-0.05, 0) is 225 Å². The Labute approximate surface area is 738 Å². The quantitative estimate of drug-likeness (QED) is 0.0845. The Kier molecular flexibility index (Phi) is 20.2. The Morgan fingerprint density at radius 3 is 0.960 bits per heavy atom. The topological polar surface area (TPSA) is 45.8 Å². The molecule has 592 valence electrons. The predicted octanol–water partition coefficient (Wildman–Crippen LogP) is 35.1. The van der Waals surface area contributed by atoms with Gasteiger partial charge in [-0.25, -0.2) is 0 Å². The predicted molar refractivity (Wildman–Crippen MR) is 542 cm³/mol. The van der Waals surface area contributed by atoms with Crippen LogP contribution in [0.25, 0.3) is 127 Å². The fourth-order valence-corrected chi connectivity index (χ4v) is 21.3. The van der Waals surface area contributed by atoms with Crippen molar-refractivity contribution in [1.82, 2.24) is 0 Å². The first kappa shape index (κ1) is 75.6. The lowest BCUT2D eigenvalue weighted by atomic mass is 10.00. The monoisotopic (exact) mass is 1650 g/mol. The molecule has 1 aliphatic carbocycles. The van der Waals surface area contributed by atoms with Crippen molar-refractivity contribution in [3.63, 3.8) is 0 Å². The number of nitrogens with one attached hydrogen (secondary N) is 3. The molecule has 0 aliphatic heterocycles. The number of anilines is 15. The molecule has 23 aromatic rings. The third kappa shape index (κ3) is 15.1. The maximum Gasteiger partial charge on any atom is 0.0540 e. The Morgan fingerprint density at radius 1 is 0.160 bits per heavy atom. The molecule has 0 unspecified atom stereocenters. The SMILES string of the molecule is c1ccc(-c2cccc(Nc3ccc4c(c3)sc3cc(N(c5ccccc5)c5ccccc5)ccc34)c2)cc1.c1ccc(Nc2ccc3c(c2)sc2cc(N(c4ccc(-c5ccccc5)cc4)c4cccc5ccccc45)ccc23)cc1.c1ccc(Nc2ccc3c(c2)sc2cc(N(c4ccccc4)c4ccc5c6c(cccc46)-c4ccccc4-5)ccc23)cc1. The Morgan fingerprint density at radius 2 is 0.464 bits per heavy atom. The summed E-state index contributed by atoms with van der Waals surface area (Å²) in [5, 5.41) is 23.5. The fraction of sp³-hybridized carbons (Fsp3) is 0. The van der Waals surface area contributed by atoms with Gasteiger partial charge in [0, 0.05) is 145 Å². The van der Waals surface area contributed by atoms with Crippen molar-refractivity contribution in [2.45, 2.75) is 0 Å². The van der Waals surface area contributed by atoms with Gasteiger partial charge in [0.15, 0.2) is 0 Å². The van der Waals surface area contributed by atoms with Crippen LogP contribution in [0.5, 0.6) is 0 Å². The number of benzene rings is 20. The molecule has 9 heteroatoms. The minimum Gasteiger partial charge on any atom is -0.355 e. The largest absolute Gasteiger partial charge is 0.355 e. The van der Waals surface area contributed by atoms with E-state index in [1.807, 2.05) is 46.1 Å². The second-order valence-corrected chi connectivity index (χ2v) is 34.6. The summed E-state index contributed by atoms with van der Waals surface area (Å²) in [6.45, 7) is 0. The van der Waals surface area contributed by atoms with E-state index in [4.69, 9.17) is 0 Å².